The summed E-state index contributed by atoms with van der Waals surface area (Å²) in [6.07, 6.45) is 1.01. The van der Waals surface area contributed by atoms with Crippen LogP contribution in [0.3, 0.4) is 0 Å². The lowest BCUT2D eigenvalue weighted by Crippen LogP contribution is -2.35. The minimum Gasteiger partial charge on any atom is -0.497 e. The summed E-state index contributed by atoms with van der Waals surface area (Å²) in [7, 11) is 1.69. The van der Waals surface area contributed by atoms with Gasteiger partial charge in [-0.05, 0) is 36.6 Å². The molecule has 0 aliphatic carbocycles. The van der Waals surface area contributed by atoms with Crippen molar-refractivity contribution in [1.29, 1.82) is 0 Å². The molecule has 2 nitrogen and oxygen atoms in total. The quantitative estimate of drug-likeness (QED) is 0.632. The Morgan fingerprint density at radius 2 is 1.65 bits per heavy atom. The first kappa shape index (κ1) is 19.8. The van der Waals surface area contributed by atoms with Gasteiger partial charge < -0.3 is 4.74 Å². The average Bonchev–Trinajstić information content (AvgIpc) is 2.56. The second kappa shape index (κ2) is 10.5. The smallest absolute Gasteiger partial charge is 0.118 e. The monoisotopic (exact) mass is 353 g/mol. The maximum Gasteiger partial charge on any atom is 0.118 e. The van der Waals surface area contributed by atoms with Gasteiger partial charge in [0.05, 0.1) is 7.11 Å². The Kier molecular flexibility index (Phi) is 9.08. The summed E-state index contributed by atoms with van der Waals surface area (Å²) < 4.78 is 5.21. The predicted octanol–water partition coefficient (Wildman–Crippen LogP) is 4.79. The van der Waals surface area contributed by atoms with Crippen molar-refractivity contribution >= 4 is 24.0 Å². The largest absolute Gasteiger partial charge is 0.497 e. The van der Waals surface area contributed by atoms with Gasteiger partial charge >= 0.3 is 0 Å². The van der Waals surface area contributed by atoms with Crippen molar-refractivity contribution in [3.8, 4) is 5.75 Å². The van der Waals surface area contributed by atoms with Crippen molar-refractivity contribution in [2.45, 2.75) is 25.9 Å². The zero-order chi connectivity index (χ0) is 15.8. The molecule has 0 spiro atoms. The Balaban J connectivity index is 0.00000264. The molecule has 23 heavy (non-hydrogen) atoms. The second-order valence-corrected chi connectivity index (χ2v) is 5.92. The second-order valence-electron chi connectivity index (χ2n) is 5.55. The highest BCUT2D eigenvalue weighted by atomic mass is 35.5. The molecule has 0 N–H and O–H groups in total. The van der Waals surface area contributed by atoms with E-state index in [-0.39, 0.29) is 12.4 Å². The van der Waals surface area contributed by atoms with Gasteiger partial charge in [-0.2, -0.15) is 0 Å². The van der Waals surface area contributed by atoms with Crippen molar-refractivity contribution in [2.75, 3.05) is 19.5 Å². The van der Waals surface area contributed by atoms with Gasteiger partial charge in [0.15, 0.2) is 0 Å². The van der Waals surface area contributed by atoms with E-state index in [1.807, 2.05) is 12.1 Å². The molecule has 4 heteroatoms. The average molecular weight is 354 g/mol. The van der Waals surface area contributed by atoms with Crippen LogP contribution in [0, 0.1) is 0 Å². The number of hydrogen-bond donors (Lipinski definition) is 0. The van der Waals surface area contributed by atoms with Crippen LogP contribution in [0.15, 0.2) is 54.6 Å². The molecule has 1 atom stereocenters. The normalized spacial score (nSPS) is 11.8. The highest BCUT2D eigenvalue weighted by Gasteiger charge is 2.14. The van der Waals surface area contributed by atoms with Crippen LogP contribution < -0.4 is 4.74 Å². The molecule has 2 aromatic carbocycles. The van der Waals surface area contributed by atoms with Crippen molar-refractivity contribution in [1.82, 2.24) is 4.90 Å². The Morgan fingerprint density at radius 1 is 1.00 bits per heavy atom. The fourth-order valence-electron chi connectivity index (χ4n) is 2.61. The summed E-state index contributed by atoms with van der Waals surface area (Å²) in [5.74, 6) is 1.55. The first-order valence-corrected chi connectivity index (χ1v) is 8.23. The molecule has 0 saturated heterocycles. The molecule has 0 saturated carbocycles. The fourth-order valence-corrected chi connectivity index (χ4v) is 2.83. The molecule has 0 amide bonds. The van der Waals surface area contributed by atoms with Crippen molar-refractivity contribution in [3.05, 3.63) is 65.7 Å². The van der Waals surface area contributed by atoms with Gasteiger partial charge in [-0.25, -0.2) is 0 Å². The highest BCUT2D eigenvalue weighted by molar-refractivity contribution is 6.18. The van der Waals surface area contributed by atoms with E-state index in [9.17, 15) is 0 Å². The van der Waals surface area contributed by atoms with Crippen LogP contribution in [0.25, 0.3) is 0 Å². The van der Waals surface area contributed by atoms with E-state index < -0.39 is 0 Å². The topological polar surface area (TPSA) is 12.5 Å². The third-order valence-corrected chi connectivity index (χ3v) is 4.08. The van der Waals surface area contributed by atoms with Crippen LogP contribution in [0.5, 0.6) is 5.75 Å². The zero-order valence-electron chi connectivity index (χ0n) is 13.7. The summed E-state index contributed by atoms with van der Waals surface area (Å²) in [4.78, 5) is 2.44. The molecular weight excluding hydrogens is 329 g/mol. The fraction of sp³-hybridized carbons (Fsp3) is 0.368. The van der Waals surface area contributed by atoms with Crippen molar-refractivity contribution in [2.24, 2.45) is 0 Å². The van der Waals surface area contributed by atoms with E-state index in [0.29, 0.717) is 11.9 Å². The van der Waals surface area contributed by atoms with Crippen molar-refractivity contribution < 1.29 is 4.74 Å². The summed E-state index contributed by atoms with van der Waals surface area (Å²) in [6.45, 7) is 4.10. The summed E-state index contributed by atoms with van der Waals surface area (Å²) in [5, 5.41) is 0. The summed E-state index contributed by atoms with van der Waals surface area (Å²) >= 11 is 5.99. The predicted molar refractivity (Wildman–Crippen MR) is 101 cm³/mol. The standard InChI is InChI=1S/C19H24ClNO.ClH/c1-16(14-17-8-10-19(22-2)11-9-17)21(13-12-20)15-18-6-4-3-5-7-18;/h3-11,16H,12-15H2,1-2H3;1H. The number of nitrogens with zero attached hydrogens (tertiary/aromatic N) is 1. The van der Waals surface area contributed by atoms with Gasteiger partial charge in [0.1, 0.15) is 5.75 Å². The van der Waals surface area contributed by atoms with E-state index >= 15 is 0 Å². The van der Waals surface area contributed by atoms with E-state index in [4.69, 9.17) is 16.3 Å². The van der Waals surface area contributed by atoms with Gasteiger partial charge in [0.25, 0.3) is 0 Å². The van der Waals surface area contributed by atoms with Crippen LogP contribution in [0.4, 0.5) is 0 Å². The van der Waals surface area contributed by atoms with Gasteiger partial charge in [-0.3, -0.25) is 4.90 Å². The number of halogens is 2. The van der Waals surface area contributed by atoms with E-state index in [0.717, 1.165) is 25.3 Å². The number of ether oxygens (including phenoxy) is 1. The lowest BCUT2D eigenvalue weighted by Gasteiger charge is -2.28. The lowest BCUT2D eigenvalue weighted by atomic mass is 10.0. The maximum atomic E-state index is 5.99. The first-order chi connectivity index (χ1) is 10.7. The zero-order valence-corrected chi connectivity index (χ0v) is 15.3. The molecule has 0 aliphatic rings. The molecule has 0 radical (unpaired) electrons. The first-order valence-electron chi connectivity index (χ1n) is 7.70. The molecule has 0 fully saturated rings. The maximum absolute atomic E-state index is 5.99. The van der Waals surface area contributed by atoms with Crippen LogP contribution in [0.2, 0.25) is 0 Å². The molecule has 0 aliphatic heterocycles. The van der Waals surface area contributed by atoms with E-state index in [2.05, 4.69) is 54.3 Å². The van der Waals surface area contributed by atoms with Gasteiger partial charge in [-0.15, -0.1) is 24.0 Å². The molecule has 1 unspecified atom stereocenters. The molecule has 126 valence electrons. The number of methoxy groups -OCH3 is 1. The Morgan fingerprint density at radius 3 is 2.22 bits per heavy atom. The SMILES string of the molecule is COc1ccc(CC(C)N(CCCl)Cc2ccccc2)cc1.Cl. The number of benzene rings is 2. The Labute approximate surface area is 150 Å². The molecule has 0 bridgehead atoms. The molecule has 0 aromatic heterocycles. The van der Waals surface area contributed by atoms with E-state index in [1.54, 1.807) is 7.11 Å². The number of alkyl halides is 1. The Bertz CT molecular complexity index is 545. The number of hydrogen-bond acceptors (Lipinski definition) is 2. The van der Waals surface area contributed by atoms with Crippen molar-refractivity contribution in [3.63, 3.8) is 0 Å². The minimum atomic E-state index is 0. The van der Waals surface area contributed by atoms with Crippen LogP contribution >= 0.6 is 24.0 Å². The highest BCUT2D eigenvalue weighted by Crippen LogP contribution is 2.16. The third-order valence-electron chi connectivity index (χ3n) is 3.91. The van der Waals surface area contributed by atoms with Crippen LogP contribution in [-0.2, 0) is 13.0 Å². The van der Waals surface area contributed by atoms with Gasteiger partial charge in [-0.1, -0.05) is 42.5 Å². The van der Waals surface area contributed by atoms with E-state index in [1.165, 1.54) is 11.1 Å². The third kappa shape index (κ3) is 6.42. The molecule has 0 heterocycles. The molecular formula is C19H25Cl2NO. The van der Waals surface area contributed by atoms with Crippen LogP contribution in [0.1, 0.15) is 18.1 Å². The number of rotatable bonds is 8. The van der Waals surface area contributed by atoms with Gasteiger partial charge in [0.2, 0.25) is 0 Å². The lowest BCUT2D eigenvalue weighted by molar-refractivity contribution is 0.211. The summed E-state index contributed by atoms with van der Waals surface area (Å²) in [6, 6.07) is 19.3. The molecule has 2 aromatic rings. The summed E-state index contributed by atoms with van der Waals surface area (Å²) in [5.41, 5.74) is 2.65. The van der Waals surface area contributed by atoms with Gasteiger partial charge in [0, 0.05) is 25.0 Å². The van der Waals surface area contributed by atoms with Crippen LogP contribution in [-0.4, -0.2) is 30.5 Å². The Hall–Kier alpha value is -1.22. The molecule has 2 rings (SSSR count). The minimum absolute atomic E-state index is 0.